The number of hydrogen-bond acceptors (Lipinski definition) is 4. The lowest BCUT2D eigenvalue weighted by molar-refractivity contribution is -0.119. The molecule has 0 radical (unpaired) electrons. The highest BCUT2D eigenvalue weighted by molar-refractivity contribution is 8.00. The van der Waals surface area contributed by atoms with E-state index in [9.17, 15) is 4.79 Å². The number of nitrogens with one attached hydrogen (secondary N) is 2. The molecule has 6 heteroatoms. The standard InChI is InChI=1S/C22H30N4OS/c1-15-10-18(28-17-6-4-3-5-7-17)8-9-21(15)25-22(27)20-13-23-12-19(20)16-11-24-26(2)14-16/h8-11,14,17,19-20,23H,3-7,12-13H2,1-2H3,(H,25,27)/t19-,20+/m1/s1. The number of aryl methyl sites for hydroxylation is 2. The molecular formula is C22H30N4OS. The zero-order valence-electron chi connectivity index (χ0n) is 16.8. The number of benzene rings is 1. The average molecular weight is 399 g/mol. The highest BCUT2D eigenvalue weighted by atomic mass is 32.2. The summed E-state index contributed by atoms with van der Waals surface area (Å²) >= 11 is 2.00. The van der Waals surface area contributed by atoms with E-state index in [0.29, 0.717) is 6.54 Å². The summed E-state index contributed by atoms with van der Waals surface area (Å²) in [5.41, 5.74) is 3.19. The third-order valence-corrected chi connectivity index (χ3v) is 7.35. The minimum Gasteiger partial charge on any atom is -0.326 e. The van der Waals surface area contributed by atoms with Crippen LogP contribution in [0.5, 0.6) is 0 Å². The van der Waals surface area contributed by atoms with Gasteiger partial charge in [0.05, 0.1) is 12.1 Å². The van der Waals surface area contributed by atoms with Crippen molar-refractivity contribution in [3.63, 3.8) is 0 Å². The van der Waals surface area contributed by atoms with E-state index in [4.69, 9.17) is 0 Å². The second-order valence-corrected chi connectivity index (χ2v) is 9.54. The number of nitrogens with zero attached hydrogens (tertiary/aromatic N) is 2. The van der Waals surface area contributed by atoms with Crippen LogP contribution < -0.4 is 10.6 Å². The molecule has 2 fully saturated rings. The predicted octanol–water partition coefficient (Wildman–Crippen LogP) is 4.10. The van der Waals surface area contributed by atoms with Crippen molar-refractivity contribution in [3.05, 3.63) is 41.7 Å². The van der Waals surface area contributed by atoms with E-state index >= 15 is 0 Å². The molecule has 1 amide bonds. The summed E-state index contributed by atoms with van der Waals surface area (Å²) in [4.78, 5) is 14.3. The Morgan fingerprint density at radius 1 is 1.25 bits per heavy atom. The highest BCUT2D eigenvalue weighted by Gasteiger charge is 2.34. The molecule has 5 nitrogen and oxygen atoms in total. The van der Waals surface area contributed by atoms with Crippen LogP contribution in [0.15, 0.2) is 35.5 Å². The molecule has 2 aliphatic rings. The molecule has 28 heavy (non-hydrogen) atoms. The fourth-order valence-electron chi connectivity index (χ4n) is 4.39. The average Bonchev–Trinajstić information content (AvgIpc) is 3.33. The normalized spacial score (nSPS) is 23.1. The second kappa shape index (κ2) is 8.70. The van der Waals surface area contributed by atoms with E-state index in [2.05, 4.69) is 40.9 Å². The summed E-state index contributed by atoms with van der Waals surface area (Å²) in [5, 5.41) is 11.6. The first-order valence-corrected chi connectivity index (χ1v) is 11.3. The topological polar surface area (TPSA) is 59.0 Å². The monoisotopic (exact) mass is 398 g/mol. The first kappa shape index (κ1) is 19.5. The van der Waals surface area contributed by atoms with Gasteiger partial charge in [-0.25, -0.2) is 0 Å². The van der Waals surface area contributed by atoms with Crippen molar-refractivity contribution >= 4 is 23.4 Å². The van der Waals surface area contributed by atoms with Gasteiger partial charge >= 0.3 is 0 Å². The van der Waals surface area contributed by atoms with E-state index in [0.717, 1.165) is 28.6 Å². The Morgan fingerprint density at radius 3 is 2.79 bits per heavy atom. The van der Waals surface area contributed by atoms with Crippen LogP contribution in [0.1, 0.15) is 49.1 Å². The smallest absolute Gasteiger partial charge is 0.229 e. The van der Waals surface area contributed by atoms with Gasteiger partial charge in [-0.2, -0.15) is 5.10 Å². The molecule has 2 aromatic rings. The van der Waals surface area contributed by atoms with Crippen LogP contribution in [-0.2, 0) is 11.8 Å². The molecule has 1 aromatic heterocycles. The van der Waals surface area contributed by atoms with Crippen molar-refractivity contribution in [2.24, 2.45) is 13.0 Å². The van der Waals surface area contributed by atoms with Crippen molar-refractivity contribution in [2.75, 3.05) is 18.4 Å². The molecule has 0 bridgehead atoms. The fraction of sp³-hybridized carbons (Fsp3) is 0.545. The maximum absolute atomic E-state index is 13.0. The number of rotatable bonds is 5. The minimum atomic E-state index is -0.0695. The number of hydrogen-bond donors (Lipinski definition) is 2. The van der Waals surface area contributed by atoms with Gasteiger partial charge in [0.1, 0.15) is 0 Å². The molecule has 150 valence electrons. The highest BCUT2D eigenvalue weighted by Crippen LogP contribution is 2.35. The van der Waals surface area contributed by atoms with Gasteiger partial charge in [-0.15, -0.1) is 11.8 Å². The lowest BCUT2D eigenvalue weighted by Crippen LogP contribution is -2.28. The SMILES string of the molecule is Cc1cc(SC2CCCCC2)ccc1NC(=O)[C@H]1CNC[C@@H]1c1cnn(C)c1. The first-order chi connectivity index (χ1) is 13.6. The summed E-state index contributed by atoms with van der Waals surface area (Å²) in [6.07, 6.45) is 10.6. The van der Waals surface area contributed by atoms with Crippen LogP contribution in [0.4, 0.5) is 5.69 Å². The van der Waals surface area contributed by atoms with E-state index in [-0.39, 0.29) is 17.7 Å². The number of carbonyl (C=O) groups is 1. The summed E-state index contributed by atoms with van der Waals surface area (Å²) < 4.78 is 1.80. The van der Waals surface area contributed by atoms with Crippen LogP contribution in [0.3, 0.4) is 0 Å². The third kappa shape index (κ3) is 4.44. The van der Waals surface area contributed by atoms with Crippen molar-refractivity contribution in [2.45, 2.75) is 55.1 Å². The molecular weight excluding hydrogens is 368 g/mol. The molecule has 4 rings (SSSR count). The van der Waals surface area contributed by atoms with E-state index < -0.39 is 0 Å². The van der Waals surface area contributed by atoms with Gasteiger partial charge in [-0.1, -0.05) is 19.3 Å². The molecule has 1 aromatic carbocycles. The third-order valence-electron chi connectivity index (χ3n) is 6.01. The molecule has 2 atom stereocenters. The van der Waals surface area contributed by atoms with E-state index in [1.165, 1.54) is 37.0 Å². The van der Waals surface area contributed by atoms with Gasteiger partial charge in [0.2, 0.25) is 5.91 Å². The Bertz CT molecular complexity index is 828. The molecule has 2 heterocycles. The molecule has 1 aliphatic heterocycles. The van der Waals surface area contributed by atoms with Gasteiger partial charge < -0.3 is 10.6 Å². The summed E-state index contributed by atoms with van der Waals surface area (Å²) in [5.74, 6) is 0.199. The largest absolute Gasteiger partial charge is 0.326 e. The Labute approximate surface area is 171 Å². The van der Waals surface area contributed by atoms with Gasteiger partial charge in [-0.3, -0.25) is 9.48 Å². The maximum Gasteiger partial charge on any atom is 0.229 e. The molecule has 1 saturated carbocycles. The number of amides is 1. The Morgan fingerprint density at radius 2 is 2.07 bits per heavy atom. The zero-order valence-corrected chi connectivity index (χ0v) is 17.6. The quantitative estimate of drug-likeness (QED) is 0.796. The van der Waals surface area contributed by atoms with Crippen LogP contribution in [-0.4, -0.2) is 34.0 Å². The van der Waals surface area contributed by atoms with Gasteiger partial charge in [-0.05, 0) is 49.1 Å². The molecule has 0 unspecified atom stereocenters. The van der Waals surface area contributed by atoms with Crippen molar-refractivity contribution in [1.29, 1.82) is 0 Å². The van der Waals surface area contributed by atoms with Gasteiger partial charge in [0.25, 0.3) is 0 Å². The van der Waals surface area contributed by atoms with Gasteiger partial charge in [0, 0.05) is 48.1 Å². The Balaban J connectivity index is 1.41. The number of aromatic nitrogens is 2. The molecule has 1 saturated heterocycles. The van der Waals surface area contributed by atoms with Crippen LogP contribution in [0.2, 0.25) is 0 Å². The first-order valence-electron chi connectivity index (χ1n) is 10.4. The van der Waals surface area contributed by atoms with Crippen LogP contribution in [0, 0.1) is 12.8 Å². The van der Waals surface area contributed by atoms with Gasteiger partial charge in [0.15, 0.2) is 0 Å². The maximum atomic E-state index is 13.0. The lowest BCUT2D eigenvalue weighted by atomic mass is 9.90. The number of thioether (sulfide) groups is 1. The predicted molar refractivity (Wildman–Crippen MR) is 115 cm³/mol. The van der Waals surface area contributed by atoms with E-state index in [1.807, 2.05) is 31.2 Å². The Kier molecular flexibility index (Phi) is 6.07. The van der Waals surface area contributed by atoms with Crippen molar-refractivity contribution in [1.82, 2.24) is 15.1 Å². The molecule has 2 N–H and O–H groups in total. The summed E-state index contributed by atoms with van der Waals surface area (Å²) in [7, 11) is 1.91. The lowest BCUT2D eigenvalue weighted by Gasteiger charge is -2.22. The summed E-state index contributed by atoms with van der Waals surface area (Å²) in [6.45, 7) is 3.62. The van der Waals surface area contributed by atoms with E-state index in [1.54, 1.807) is 4.68 Å². The number of anilines is 1. The fourth-order valence-corrected chi connectivity index (χ4v) is 5.73. The second-order valence-electron chi connectivity index (χ2n) is 8.16. The Hall–Kier alpha value is -1.79. The zero-order chi connectivity index (χ0) is 19.5. The van der Waals surface area contributed by atoms with Crippen LogP contribution >= 0.6 is 11.8 Å². The minimum absolute atomic E-state index is 0.0695. The van der Waals surface area contributed by atoms with Crippen LogP contribution in [0.25, 0.3) is 0 Å². The molecule has 1 aliphatic carbocycles. The van der Waals surface area contributed by atoms with Crippen molar-refractivity contribution in [3.8, 4) is 0 Å². The number of carbonyl (C=O) groups excluding carboxylic acids is 1. The summed E-state index contributed by atoms with van der Waals surface area (Å²) in [6, 6.07) is 6.45. The molecule has 0 spiro atoms. The van der Waals surface area contributed by atoms with Crippen molar-refractivity contribution < 1.29 is 4.79 Å².